The highest BCUT2D eigenvalue weighted by molar-refractivity contribution is 14.0. The molecule has 8 heteroatoms. The molecule has 0 spiro atoms. The van der Waals surface area contributed by atoms with Gasteiger partial charge in [0, 0.05) is 52.2 Å². The molecule has 0 bridgehead atoms. The summed E-state index contributed by atoms with van der Waals surface area (Å²) in [4.78, 5) is 18.3. The average molecular weight is 481 g/mol. The minimum absolute atomic E-state index is 0. The van der Waals surface area contributed by atoms with Crippen molar-refractivity contribution in [3.05, 3.63) is 0 Å². The van der Waals surface area contributed by atoms with Gasteiger partial charge in [0.1, 0.15) is 0 Å². The number of rotatable bonds is 9. The first-order chi connectivity index (χ1) is 12.1. The van der Waals surface area contributed by atoms with Crippen LogP contribution in [-0.2, 0) is 9.53 Å². The summed E-state index contributed by atoms with van der Waals surface area (Å²) in [7, 11) is 1.77. The van der Waals surface area contributed by atoms with Gasteiger partial charge in [0.2, 0.25) is 5.91 Å². The van der Waals surface area contributed by atoms with Crippen LogP contribution in [0.15, 0.2) is 4.99 Å². The maximum atomic E-state index is 11.6. The number of hydrogen-bond donors (Lipinski definition) is 3. The molecule has 0 radical (unpaired) electrons. The van der Waals surface area contributed by atoms with Crippen LogP contribution in [-0.4, -0.2) is 75.3 Å². The maximum Gasteiger partial charge on any atom is 0.220 e. The monoisotopic (exact) mass is 481 g/mol. The summed E-state index contributed by atoms with van der Waals surface area (Å²) in [6, 6.07) is 0.445. The molecule has 1 atom stereocenters. The smallest absolute Gasteiger partial charge is 0.220 e. The summed E-state index contributed by atoms with van der Waals surface area (Å²) in [5.74, 6) is 1.61. The zero-order valence-electron chi connectivity index (χ0n) is 16.4. The number of nitrogens with one attached hydrogen (secondary N) is 3. The highest BCUT2D eigenvalue weighted by Gasteiger charge is 2.23. The zero-order chi connectivity index (χ0) is 18.1. The molecule has 1 saturated carbocycles. The number of carbonyl (C=O) groups is 1. The third kappa shape index (κ3) is 9.91. The molecular weight excluding hydrogens is 445 g/mol. The maximum absolute atomic E-state index is 11.6. The second-order valence-corrected chi connectivity index (χ2v) is 7.47. The molecule has 2 aliphatic rings. The summed E-state index contributed by atoms with van der Waals surface area (Å²) >= 11 is 0. The number of carbonyl (C=O) groups excluding carboxylic acids is 1. The molecule has 0 aromatic rings. The van der Waals surface area contributed by atoms with E-state index in [1.807, 2.05) is 0 Å². The van der Waals surface area contributed by atoms with Crippen LogP contribution >= 0.6 is 24.0 Å². The number of hydrogen-bond acceptors (Lipinski definition) is 4. The Hall–Kier alpha value is -0.610. The first kappa shape index (κ1) is 23.4. The minimum atomic E-state index is 0. The fraction of sp³-hybridized carbons (Fsp3) is 0.889. The van der Waals surface area contributed by atoms with Crippen molar-refractivity contribution in [2.75, 3.05) is 46.4 Å². The number of guanidine groups is 1. The third-order valence-corrected chi connectivity index (χ3v) is 4.38. The SMILES string of the molecule is CN=C(NCCCC(=O)NC1CC1)NCC1CN(CC(C)C)CCO1.I. The van der Waals surface area contributed by atoms with Crippen LogP contribution in [0.1, 0.15) is 39.5 Å². The van der Waals surface area contributed by atoms with Crippen molar-refractivity contribution in [2.45, 2.75) is 51.7 Å². The molecule has 7 nitrogen and oxygen atoms in total. The molecule has 152 valence electrons. The van der Waals surface area contributed by atoms with Gasteiger partial charge in [0.15, 0.2) is 5.96 Å². The standard InChI is InChI=1S/C18H35N5O2.HI/c1-14(2)12-23-9-10-25-16(13-23)11-21-18(19-3)20-8-4-5-17(24)22-15-6-7-15;/h14-16H,4-13H2,1-3H3,(H,22,24)(H2,19,20,21);1H. The molecule has 1 unspecified atom stereocenters. The van der Waals surface area contributed by atoms with Gasteiger partial charge in [-0.15, -0.1) is 24.0 Å². The van der Waals surface area contributed by atoms with Crippen molar-refractivity contribution < 1.29 is 9.53 Å². The molecule has 26 heavy (non-hydrogen) atoms. The van der Waals surface area contributed by atoms with Crippen molar-refractivity contribution in [3.63, 3.8) is 0 Å². The van der Waals surface area contributed by atoms with Crippen LogP contribution in [0.25, 0.3) is 0 Å². The summed E-state index contributed by atoms with van der Waals surface area (Å²) in [6.45, 7) is 9.88. The molecule has 1 aliphatic carbocycles. The summed E-state index contributed by atoms with van der Waals surface area (Å²) < 4.78 is 5.84. The largest absolute Gasteiger partial charge is 0.374 e. The lowest BCUT2D eigenvalue weighted by atomic mass is 10.2. The molecule has 3 N–H and O–H groups in total. The van der Waals surface area contributed by atoms with Gasteiger partial charge in [0.05, 0.1) is 12.7 Å². The Labute approximate surface area is 175 Å². The van der Waals surface area contributed by atoms with Gasteiger partial charge in [-0.25, -0.2) is 0 Å². The fourth-order valence-corrected chi connectivity index (χ4v) is 3.00. The van der Waals surface area contributed by atoms with Gasteiger partial charge in [-0.2, -0.15) is 0 Å². The van der Waals surface area contributed by atoms with Crippen molar-refractivity contribution in [2.24, 2.45) is 10.9 Å². The first-order valence-electron chi connectivity index (χ1n) is 9.64. The van der Waals surface area contributed by atoms with Crippen LogP contribution in [0.5, 0.6) is 0 Å². The van der Waals surface area contributed by atoms with Crippen LogP contribution < -0.4 is 16.0 Å². The lowest BCUT2D eigenvalue weighted by Gasteiger charge is -2.34. The Morgan fingerprint density at radius 1 is 1.31 bits per heavy atom. The molecular formula is C18H36IN5O2. The third-order valence-electron chi connectivity index (χ3n) is 4.38. The predicted octanol–water partition coefficient (Wildman–Crippen LogP) is 1.19. The quantitative estimate of drug-likeness (QED) is 0.200. The van der Waals surface area contributed by atoms with Crippen molar-refractivity contribution >= 4 is 35.8 Å². The van der Waals surface area contributed by atoms with Crippen LogP contribution in [0.3, 0.4) is 0 Å². The van der Waals surface area contributed by atoms with Gasteiger partial charge < -0.3 is 20.7 Å². The van der Waals surface area contributed by atoms with E-state index in [0.29, 0.717) is 18.4 Å². The number of halogens is 1. The van der Waals surface area contributed by atoms with Crippen molar-refractivity contribution in [3.8, 4) is 0 Å². The van der Waals surface area contributed by atoms with E-state index in [9.17, 15) is 4.79 Å². The van der Waals surface area contributed by atoms with E-state index in [0.717, 1.165) is 64.6 Å². The van der Waals surface area contributed by atoms with E-state index in [1.54, 1.807) is 7.05 Å². The predicted molar refractivity (Wildman–Crippen MR) is 116 cm³/mol. The van der Waals surface area contributed by atoms with E-state index in [4.69, 9.17) is 4.74 Å². The molecule has 1 aliphatic heterocycles. The highest BCUT2D eigenvalue weighted by Crippen LogP contribution is 2.18. The Morgan fingerprint density at radius 3 is 2.73 bits per heavy atom. The Morgan fingerprint density at radius 2 is 2.08 bits per heavy atom. The topological polar surface area (TPSA) is 78.0 Å². The van der Waals surface area contributed by atoms with E-state index in [2.05, 4.69) is 39.7 Å². The molecule has 0 aromatic heterocycles. The van der Waals surface area contributed by atoms with Gasteiger partial charge in [-0.3, -0.25) is 14.7 Å². The van der Waals surface area contributed by atoms with Crippen LogP contribution in [0.2, 0.25) is 0 Å². The second-order valence-electron chi connectivity index (χ2n) is 7.47. The number of ether oxygens (including phenoxy) is 1. The van der Waals surface area contributed by atoms with Gasteiger partial charge in [0.25, 0.3) is 0 Å². The zero-order valence-corrected chi connectivity index (χ0v) is 18.8. The first-order valence-corrected chi connectivity index (χ1v) is 9.64. The Kier molecular flexibility index (Phi) is 11.5. The Balaban J connectivity index is 0.00000338. The molecule has 2 fully saturated rings. The highest BCUT2D eigenvalue weighted by atomic mass is 127. The molecule has 2 rings (SSSR count). The molecule has 1 amide bonds. The Bertz CT molecular complexity index is 443. The summed E-state index contributed by atoms with van der Waals surface area (Å²) in [6.07, 6.45) is 3.84. The van der Waals surface area contributed by atoms with Gasteiger partial charge in [-0.05, 0) is 25.2 Å². The number of nitrogens with zero attached hydrogens (tertiary/aromatic N) is 2. The number of morpholine rings is 1. The molecule has 1 heterocycles. The lowest BCUT2D eigenvalue weighted by Crippen LogP contribution is -2.50. The summed E-state index contributed by atoms with van der Waals surface area (Å²) in [5.41, 5.74) is 0. The van der Waals surface area contributed by atoms with E-state index < -0.39 is 0 Å². The van der Waals surface area contributed by atoms with Gasteiger partial charge in [-0.1, -0.05) is 13.8 Å². The van der Waals surface area contributed by atoms with E-state index in [-0.39, 0.29) is 36.0 Å². The average Bonchev–Trinajstić information content (AvgIpc) is 3.38. The normalized spacial score (nSPS) is 21.2. The molecule has 1 saturated heterocycles. The van der Waals surface area contributed by atoms with Crippen LogP contribution in [0, 0.1) is 5.92 Å². The van der Waals surface area contributed by atoms with Crippen molar-refractivity contribution in [1.29, 1.82) is 0 Å². The van der Waals surface area contributed by atoms with Gasteiger partial charge >= 0.3 is 0 Å². The van der Waals surface area contributed by atoms with E-state index >= 15 is 0 Å². The second kappa shape index (κ2) is 12.7. The molecule has 0 aromatic carbocycles. The van der Waals surface area contributed by atoms with Crippen LogP contribution in [0.4, 0.5) is 0 Å². The number of amides is 1. The lowest BCUT2D eigenvalue weighted by molar-refractivity contribution is -0.121. The number of aliphatic imine (C=N–C) groups is 1. The van der Waals surface area contributed by atoms with Crippen molar-refractivity contribution in [1.82, 2.24) is 20.9 Å². The minimum Gasteiger partial charge on any atom is -0.374 e. The van der Waals surface area contributed by atoms with E-state index in [1.165, 1.54) is 0 Å². The fourth-order valence-electron chi connectivity index (χ4n) is 3.00. The summed E-state index contributed by atoms with van der Waals surface area (Å²) in [5, 5.41) is 9.60.